The number of rotatable bonds is 5. The van der Waals surface area contributed by atoms with Crippen molar-refractivity contribution >= 4 is 39.9 Å². The van der Waals surface area contributed by atoms with Crippen molar-refractivity contribution < 1.29 is 22.8 Å². The first kappa shape index (κ1) is 25.7. The Labute approximate surface area is 220 Å². The first-order chi connectivity index (χ1) is 17.5. The molecule has 2 heterocycles. The average molecular weight is 544 g/mol. The molecule has 2 aliphatic rings. The molecule has 0 saturated carbocycles. The number of alkyl halides is 3. The van der Waals surface area contributed by atoms with Crippen molar-refractivity contribution in [2.75, 3.05) is 4.90 Å². The summed E-state index contributed by atoms with van der Waals surface area (Å²) in [6.07, 6.45) is -3.29. The molecule has 192 valence electrons. The van der Waals surface area contributed by atoms with E-state index in [1.807, 2.05) is 44.2 Å². The van der Waals surface area contributed by atoms with Gasteiger partial charge in [-0.3, -0.25) is 14.5 Å². The lowest BCUT2D eigenvalue weighted by molar-refractivity contribution is -0.137. The number of aromatic nitrogens is 2. The van der Waals surface area contributed by atoms with Crippen LogP contribution in [-0.4, -0.2) is 21.9 Å². The fourth-order valence-electron chi connectivity index (χ4n) is 4.94. The van der Waals surface area contributed by atoms with Crippen LogP contribution >= 0.6 is 23.1 Å². The number of ketones is 1. The molecule has 1 atom stereocenters. The summed E-state index contributed by atoms with van der Waals surface area (Å²) >= 11 is 2.47. The molecule has 0 bridgehead atoms. The average Bonchev–Trinajstić information content (AvgIpc) is 3.30. The van der Waals surface area contributed by atoms with Crippen LogP contribution in [0.2, 0.25) is 0 Å². The number of allylic oxidation sites excluding steroid dienone is 2. The number of hydrogen-bond donors (Lipinski definition) is 0. The number of Topliss-reactive ketones (excluding diaryl/α,β-unsaturated/α-hetero) is 1. The van der Waals surface area contributed by atoms with E-state index < -0.39 is 11.7 Å². The summed E-state index contributed by atoms with van der Waals surface area (Å²) in [5.41, 5.74) is 1.79. The number of hydrogen-bond acceptors (Lipinski definition) is 6. The van der Waals surface area contributed by atoms with Crippen molar-refractivity contribution in [3.8, 4) is 0 Å². The molecule has 2 aromatic carbocycles. The first-order valence-corrected chi connectivity index (χ1v) is 13.6. The van der Waals surface area contributed by atoms with E-state index in [4.69, 9.17) is 0 Å². The van der Waals surface area contributed by atoms with Crippen molar-refractivity contribution in [1.82, 2.24) is 10.2 Å². The number of amides is 1. The maximum Gasteiger partial charge on any atom is 0.416 e. The lowest BCUT2D eigenvalue weighted by atomic mass is 9.69. The molecule has 0 spiro atoms. The van der Waals surface area contributed by atoms with Gasteiger partial charge in [-0.25, -0.2) is 0 Å². The van der Waals surface area contributed by atoms with Gasteiger partial charge in [0.05, 0.1) is 5.56 Å². The van der Waals surface area contributed by atoms with Gasteiger partial charge in [0.1, 0.15) is 0 Å². The molecule has 0 fully saturated rings. The molecule has 1 amide bonds. The summed E-state index contributed by atoms with van der Waals surface area (Å²) in [7, 11) is 0. The highest BCUT2D eigenvalue weighted by Crippen LogP contribution is 2.48. The molecule has 0 saturated heterocycles. The standard InChI is InChI=1S/C27H24F3N3O2S2/c1-26(2)13-20-23(21(34)14-26)19(17-8-4-3-5-9-17)12-22(35)33(20)24-31-32-25(37-24)36-15-16-7-6-10-18(11-16)27(28,29)30/h3-11,19H,12-15H2,1-2H3/t19-/m1/s1. The van der Waals surface area contributed by atoms with E-state index in [1.165, 1.54) is 29.2 Å². The molecule has 3 aromatic rings. The molecule has 1 aliphatic heterocycles. The van der Waals surface area contributed by atoms with Crippen LogP contribution in [0.1, 0.15) is 55.7 Å². The highest BCUT2D eigenvalue weighted by molar-refractivity contribution is 8.00. The minimum atomic E-state index is -4.40. The molecule has 10 heteroatoms. The Morgan fingerprint density at radius 3 is 2.54 bits per heavy atom. The van der Waals surface area contributed by atoms with Gasteiger partial charge in [0, 0.05) is 35.8 Å². The number of thioether (sulfide) groups is 1. The number of nitrogens with zero attached hydrogens (tertiary/aromatic N) is 3. The van der Waals surface area contributed by atoms with E-state index >= 15 is 0 Å². The Bertz CT molecular complexity index is 1380. The molecule has 0 radical (unpaired) electrons. The molecular formula is C27H24F3N3O2S2. The maximum atomic E-state index is 13.5. The molecule has 0 unspecified atom stereocenters. The highest BCUT2D eigenvalue weighted by atomic mass is 32.2. The third-order valence-electron chi connectivity index (χ3n) is 6.55. The summed E-state index contributed by atoms with van der Waals surface area (Å²) in [6, 6.07) is 14.8. The van der Waals surface area contributed by atoms with E-state index in [1.54, 1.807) is 11.0 Å². The third-order valence-corrected chi connectivity index (χ3v) is 8.66. The zero-order valence-electron chi connectivity index (χ0n) is 20.2. The molecule has 5 nitrogen and oxygen atoms in total. The zero-order valence-corrected chi connectivity index (χ0v) is 21.8. The number of carbonyl (C=O) groups is 2. The highest BCUT2D eigenvalue weighted by Gasteiger charge is 2.45. The van der Waals surface area contributed by atoms with Crippen LogP contribution in [0.15, 0.2) is 70.2 Å². The van der Waals surface area contributed by atoms with Crippen LogP contribution in [0.5, 0.6) is 0 Å². The van der Waals surface area contributed by atoms with Gasteiger partial charge in [-0.1, -0.05) is 85.5 Å². The normalized spacial score (nSPS) is 19.8. The Morgan fingerprint density at radius 1 is 1.05 bits per heavy atom. The number of halogens is 3. The second-order valence-electron chi connectivity index (χ2n) is 10.0. The monoisotopic (exact) mass is 543 g/mol. The minimum absolute atomic E-state index is 0.0428. The molecular weight excluding hydrogens is 519 g/mol. The van der Waals surface area contributed by atoms with E-state index in [9.17, 15) is 22.8 Å². The smallest absolute Gasteiger partial charge is 0.294 e. The van der Waals surface area contributed by atoms with E-state index in [0.29, 0.717) is 39.1 Å². The van der Waals surface area contributed by atoms with Crippen molar-refractivity contribution in [2.45, 2.75) is 55.3 Å². The van der Waals surface area contributed by atoms with Gasteiger partial charge in [0.25, 0.3) is 0 Å². The number of benzene rings is 2. The van der Waals surface area contributed by atoms with E-state index in [2.05, 4.69) is 10.2 Å². The van der Waals surface area contributed by atoms with Gasteiger partial charge in [-0.15, -0.1) is 10.2 Å². The Morgan fingerprint density at radius 2 is 1.81 bits per heavy atom. The maximum absolute atomic E-state index is 13.5. The summed E-state index contributed by atoms with van der Waals surface area (Å²) < 4.78 is 39.7. The summed E-state index contributed by atoms with van der Waals surface area (Å²) in [5, 5.41) is 8.81. The third kappa shape index (κ3) is 5.36. The van der Waals surface area contributed by atoms with E-state index in [-0.39, 0.29) is 35.2 Å². The van der Waals surface area contributed by atoms with Crippen molar-refractivity contribution in [3.05, 3.63) is 82.6 Å². The molecule has 5 rings (SSSR count). The number of carbonyl (C=O) groups excluding carboxylic acids is 2. The minimum Gasteiger partial charge on any atom is -0.294 e. The Hall–Kier alpha value is -2.98. The van der Waals surface area contributed by atoms with Gasteiger partial charge in [0.2, 0.25) is 11.0 Å². The topological polar surface area (TPSA) is 63.2 Å². The predicted octanol–water partition coefficient (Wildman–Crippen LogP) is 7.01. The second kappa shape index (κ2) is 9.72. The molecule has 1 aromatic heterocycles. The Balaban J connectivity index is 1.44. The fourth-order valence-corrected chi connectivity index (χ4v) is 6.77. The van der Waals surface area contributed by atoms with Gasteiger partial charge in [0.15, 0.2) is 10.1 Å². The summed E-state index contributed by atoms with van der Waals surface area (Å²) in [4.78, 5) is 28.4. The summed E-state index contributed by atoms with van der Waals surface area (Å²) in [5.74, 6) is -0.127. The van der Waals surface area contributed by atoms with Crippen LogP contribution in [0.4, 0.5) is 18.3 Å². The van der Waals surface area contributed by atoms with Crippen molar-refractivity contribution in [1.29, 1.82) is 0 Å². The predicted molar refractivity (Wildman–Crippen MR) is 137 cm³/mol. The van der Waals surface area contributed by atoms with E-state index in [0.717, 1.165) is 17.7 Å². The van der Waals surface area contributed by atoms with Crippen molar-refractivity contribution in [2.24, 2.45) is 5.41 Å². The van der Waals surface area contributed by atoms with Gasteiger partial charge < -0.3 is 0 Å². The van der Waals surface area contributed by atoms with Gasteiger partial charge >= 0.3 is 6.18 Å². The largest absolute Gasteiger partial charge is 0.416 e. The SMILES string of the molecule is CC1(C)CC(=O)C2=C(C1)N(c1nnc(SCc3cccc(C(F)(F)F)c3)s1)C(=O)C[C@@H]2c1ccccc1. The molecule has 1 aliphatic carbocycles. The number of anilines is 1. The van der Waals surface area contributed by atoms with Crippen LogP contribution in [0.3, 0.4) is 0 Å². The molecule has 0 N–H and O–H groups in total. The second-order valence-corrected chi connectivity index (χ2v) is 12.2. The van der Waals surface area contributed by atoms with Gasteiger partial charge in [-0.05, 0) is 29.0 Å². The fraction of sp³-hybridized carbons (Fsp3) is 0.333. The van der Waals surface area contributed by atoms with Crippen LogP contribution in [-0.2, 0) is 21.5 Å². The molecule has 37 heavy (non-hydrogen) atoms. The Kier molecular flexibility index (Phi) is 6.74. The van der Waals surface area contributed by atoms with Crippen LogP contribution in [0, 0.1) is 5.41 Å². The van der Waals surface area contributed by atoms with Crippen LogP contribution in [0.25, 0.3) is 0 Å². The zero-order chi connectivity index (χ0) is 26.4. The summed E-state index contributed by atoms with van der Waals surface area (Å²) in [6.45, 7) is 4.03. The van der Waals surface area contributed by atoms with Gasteiger partial charge in [-0.2, -0.15) is 13.2 Å². The lowest BCUT2D eigenvalue weighted by Crippen LogP contribution is -2.43. The lowest BCUT2D eigenvalue weighted by Gasteiger charge is -2.41. The van der Waals surface area contributed by atoms with Crippen molar-refractivity contribution in [3.63, 3.8) is 0 Å². The first-order valence-electron chi connectivity index (χ1n) is 11.8. The quantitative estimate of drug-likeness (QED) is 0.256. The van der Waals surface area contributed by atoms with Crippen LogP contribution < -0.4 is 4.90 Å².